The number of H-pyrrole nitrogens is 1. The highest BCUT2D eigenvalue weighted by Gasteiger charge is 2.24. The van der Waals surface area contributed by atoms with E-state index in [0.717, 1.165) is 27.8 Å². The summed E-state index contributed by atoms with van der Waals surface area (Å²) >= 11 is 6.19. The zero-order valence-electron chi connectivity index (χ0n) is 18.1. The number of halogens is 1. The fourth-order valence-electron chi connectivity index (χ4n) is 3.67. The van der Waals surface area contributed by atoms with Crippen LogP contribution in [0, 0.1) is 0 Å². The van der Waals surface area contributed by atoms with Crippen LogP contribution in [0.1, 0.15) is 21.5 Å². The lowest BCUT2D eigenvalue weighted by atomic mass is 10.0. The molecule has 0 aliphatic rings. The summed E-state index contributed by atoms with van der Waals surface area (Å²) in [4.78, 5) is 29.3. The third kappa shape index (κ3) is 5.35. The molecule has 3 aromatic carbocycles. The molecule has 0 saturated carbocycles. The van der Waals surface area contributed by atoms with Gasteiger partial charge in [-0.05, 0) is 41.5 Å². The Hall–Kier alpha value is -3.77. The number of aromatic nitrogens is 1. The van der Waals surface area contributed by atoms with E-state index in [-0.39, 0.29) is 5.91 Å². The second kappa shape index (κ2) is 10.2. The topological polar surface area (TPSA) is 83.2 Å². The third-order valence-electron chi connectivity index (χ3n) is 5.47. The van der Waals surface area contributed by atoms with Gasteiger partial charge in [0, 0.05) is 30.1 Å². The number of nitrogens with one attached hydrogen (secondary N) is 3. The van der Waals surface area contributed by atoms with Crippen LogP contribution in [0.15, 0.2) is 79.0 Å². The Labute approximate surface area is 196 Å². The maximum Gasteiger partial charge on any atom is 0.253 e. The lowest BCUT2D eigenvalue weighted by molar-refractivity contribution is -0.123. The Morgan fingerprint density at radius 1 is 1.00 bits per heavy atom. The predicted molar refractivity (Wildman–Crippen MR) is 130 cm³/mol. The predicted octanol–water partition coefficient (Wildman–Crippen LogP) is 4.49. The van der Waals surface area contributed by atoms with Crippen molar-refractivity contribution in [3.05, 3.63) is 101 Å². The monoisotopic (exact) mass is 461 g/mol. The fourth-order valence-corrected chi connectivity index (χ4v) is 3.89. The summed E-state index contributed by atoms with van der Waals surface area (Å²) in [6.07, 6.45) is 2.20. The molecule has 7 heteroatoms. The SMILES string of the molecule is COc1ccc(CNC(=O)C(Cc2c[nH]c3ccccc23)NC(=O)c2ccccc2Cl)cc1. The first kappa shape index (κ1) is 22.4. The molecule has 0 saturated heterocycles. The minimum atomic E-state index is -0.786. The Bertz CT molecular complexity index is 1270. The van der Waals surface area contributed by atoms with E-state index in [2.05, 4.69) is 15.6 Å². The standard InChI is InChI=1S/C26H24ClN3O3/c1-33-19-12-10-17(11-13-19)15-29-26(32)24(30-25(31)21-7-2-4-8-22(21)27)14-18-16-28-23-9-5-3-6-20(18)23/h2-13,16,24,28H,14-15H2,1H3,(H,29,32)(H,30,31). The molecule has 6 nitrogen and oxygen atoms in total. The maximum absolute atomic E-state index is 13.2. The number of ether oxygens (including phenoxy) is 1. The highest BCUT2D eigenvalue weighted by atomic mass is 35.5. The van der Waals surface area contributed by atoms with E-state index in [9.17, 15) is 9.59 Å². The largest absolute Gasteiger partial charge is 0.497 e. The van der Waals surface area contributed by atoms with E-state index in [0.29, 0.717) is 23.6 Å². The second-order valence-corrected chi connectivity index (χ2v) is 8.04. The Kier molecular flexibility index (Phi) is 6.95. The van der Waals surface area contributed by atoms with Crippen LogP contribution in [-0.4, -0.2) is 29.9 Å². The summed E-state index contributed by atoms with van der Waals surface area (Å²) in [7, 11) is 1.60. The van der Waals surface area contributed by atoms with Crippen molar-refractivity contribution >= 4 is 34.3 Å². The van der Waals surface area contributed by atoms with E-state index in [1.54, 1.807) is 31.4 Å². The van der Waals surface area contributed by atoms with Gasteiger partial charge in [-0.15, -0.1) is 0 Å². The van der Waals surface area contributed by atoms with Crippen molar-refractivity contribution in [2.24, 2.45) is 0 Å². The normalized spacial score (nSPS) is 11.7. The van der Waals surface area contributed by atoms with E-state index < -0.39 is 11.9 Å². The van der Waals surface area contributed by atoms with Gasteiger partial charge < -0.3 is 20.4 Å². The van der Waals surface area contributed by atoms with Gasteiger partial charge in [-0.1, -0.05) is 54.1 Å². The Balaban J connectivity index is 1.53. The molecule has 0 radical (unpaired) electrons. The molecule has 1 atom stereocenters. The number of methoxy groups -OCH3 is 1. The molecular formula is C26H24ClN3O3. The fraction of sp³-hybridized carbons (Fsp3) is 0.154. The number of hydrogen-bond acceptors (Lipinski definition) is 3. The van der Waals surface area contributed by atoms with Crippen LogP contribution < -0.4 is 15.4 Å². The second-order valence-electron chi connectivity index (χ2n) is 7.64. The lowest BCUT2D eigenvalue weighted by Gasteiger charge is -2.19. The molecule has 0 spiro atoms. The van der Waals surface area contributed by atoms with Crippen molar-refractivity contribution in [1.82, 2.24) is 15.6 Å². The highest BCUT2D eigenvalue weighted by molar-refractivity contribution is 6.33. The van der Waals surface area contributed by atoms with Crippen molar-refractivity contribution in [1.29, 1.82) is 0 Å². The number of hydrogen-bond donors (Lipinski definition) is 3. The number of carbonyl (C=O) groups excluding carboxylic acids is 2. The average Bonchev–Trinajstić information content (AvgIpc) is 3.25. The number of carbonyl (C=O) groups is 2. The van der Waals surface area contributed by atoms with Crippen LogP contribution in [0.4, 0.5) is 0 Å². The smallest absolute Gasteiger partial charge is 0.253 e. The first-order valence-corrected chi connectivity index (χ1v) is 10.9. The number of para-hydroxylation sites is 1. The third-order valence-corrected chi connectivity index (χ3v) is 5.79. The number of rotatable bonds is 8. The Morgan fingerprint density at radius 3 is 2.48 bits per heavy atom. The number of fused-ring (bicyclic) bond motifs is 1. The summed E-state index contributed by atoms with van der Waals surface area (Å²) < 4.78 is 5.17. The molecule has 1 unspecified atom stereocenters. The van der Waals surface area contributed by atoms with Gasteiger partial charge in [0.25, 0.3) is 5.91 Å². The average molecular weight is 462 g/mol. The van der Waals surface area contributed by atoms with Gasteiger partial charge in [0.2, 0.25) is 5.91 Å². The summed E-state index contributed by atoms with van der Waals surface area (Å²) in [6.45, 7) is 0.329. The maximum atomic E-state index is 13.2. The van der Waals surface area contributed by atoms with Gasteiger partial charge in [0.15, 0.2) is 0 Å². The van der Waals surface area contributed by atoms with Crippen molar-refractivity contribution < 1.29 is 14.3 Å². The van der Waals surface area contributed by atoms with Gasteiger partial charge in [0.05, 0.1) is 17.7 Å². The van der Waals surface area contributed by atoms with Gasteiger partial charge in [0.1, 0.15) is 11.8 Å². The van der Waals surface area contributed by atoms with Crippen LogP contribution in [-0.2, 0) is 17.8 Å². The molecule has 1 aromatic heterocycles. The van der Waals surface area contributed by atoms with E-state index in [4.69, 9.17) is 16.3 Å². The summed E-state index contributed by atoms with van der Waals surface area (Å²) in [5.74, 6) is 0.0656. The molecule has 0 aliphatic carbocycles. The molecule has 0 bridgehead atoms. The van der Waals surface area contributed by atoms with Crippen molar-refractivity contribution in [3.63, 3.8) is 0 Å². The summed E-state index contributed by atoms with van der Waals surface area (Å²) in [6, 6.07) is 21.3. The molecule has 33 heavy (non-hydrogen) atoms. The number of amides is 2. The highest BCUT2D eigenvalue weighted by Crippen LogP contribution is 2.20. The molecule has 3 N–H and O–H groups in total. The lowest BCUT2D eigenvalue weighted by Crippen LogP contribution is -2.47. The molecule has 1 heterocycles. The minimum Gasteiger partial charge on any atom is -0.497 e. The van der Waals surface area contributed by atoms with Gasteiger partial charge >= 0.3 is 0 Å². The first-order valence-electron chi connectivity index (χ1n) is 10.6. The van der Waals surface area contributed by atoms with Gasteiger partial charge in [-0.3, -0.25) is 9.59 Å². The van der Waals surface area contributed by atoms with Crippen molar-refractivity contribution in [2.75, 3.05) is 7.11 Å². The number of benzene rings is 3. The molecule has 0 fully saturated rings. The number of aromatic amines is 1. The van der Waals surface area contributed by atoms with Crippen LogP contribution >= 0.6 is 11.6 Å². The molecule has 4 aromatic rings. The quantitative estimate of drug-likeness (QED) is 0.361. The molecule has 168 valence electrons. The van der Waals surface area contributed by atoms with Gasteiger partial charge in [-0.2, -0.15) is 0 Å². The van der Waals surface area contributed by atoms with Crippen LogP contribution in [0.3, 0.4) is 0 Å². The molecular weight excluding hydrogens is 438 g/mol. The van der Waals surface area contributed by atoms with Gasteiger partial charge in [-0.25, -0.2) is 0 Å². The zero-order chi connectivity index (χ0) is 23.2. The summed E-state index contributed by atoms with van der Waals surface area (Å²) in [5.41, 5.74) is 3.16. The van der Waals surface area contributed by atoms with Crippen molar-refractivity contribution in [3.8, 4) is 5.75 Å². The van der Waals surface area contributed by atoms with E-state index in [1.165, 1.54) is 0 Å². The van der Waals surface area contributed by atoms with Crippen LogP contribution in [0.2, 0.25) is 5.02 Å². The molecule has 2 amide bonds. The zero-order valence-corrected chi connectivity index (χ0v) is 18.9. The molecule has 4 rings (SSSR count). The van der Waals surface area contributed by atoms with Crippen LogP contribution in [0.5, 0.6) is 5.75 Å². The summed E-state index contributed by atoms with van der Waals surface area (Å²) in [5, 5.41) is 7.14. The van der Waals surface area contributed by atoms with E-state index >= 15 is 0 Å². The Morgan fingerprint density at radius 2 is 1.73 bits per heavy atom. The molecule has 0 aliphatic heterocycles. The van der Waals surface area contributed by atoms with E-state index in [1.807, 2.05) is 54.7 Å². The minimum absolute atomic E-state index is 0.281. The van der Waals surface area contributed by atoms with Crippen LogP contribution in [0.25, 0.3) is 10.9 Å². The van der Waals surface area contributed by atoms with Crippen molar-refractivity contribution in [2.45, 2.75) is 19.0 Å². The first-order chi connectivity index (χ1) is 16.0.